The Morgan fingerprint density at radius 1 is 1.13 bits per heavy atom. The summed E-state index contributed by atoms with van der Waals surface area (Å²) in [6, 6.07) is 12.9. The summed E-state index contributed by atoms with van der Waals surface area (Å²) < 4.78 is 5.50. The van der Waals surface area contributed by atoms with Gasteiger partial charge in [0.05, 0.1) is 6.61 Å². The minimum absolute atomic E-state index is 0.00628. The maximum absolute atomic E-state index is 8.94. The minimum atomic E-state index is -0.00628. The number of benzene rings is 1. The molecule has 1 aromatic carbocycles. The van der Waals surface area contributed by atoms with Crippen LogP contribution in [0.15, 0.2) is 48.7 Å². The molecule has 0 radical (unpaired) electrons. The third kappa shape index (κ3) is 2.54. The van der Waals surface area contributed by atoms with Crippen LogP contribution in [0.2, 0.25) is 0 Å². The molecule has 2 aromatic rings. The lowest BCUT2D eigenvalue weighted by Gasteiger charge is -2.04. The number of ether oxygens (including phenoxy) is 1. The van der Waals surface area contributed by atoms with Crippen LogP contribution in [0.3, 0.4) is 0 Å². The molecule has 0 aliphatic rings. The van der Waals surface area contributed by atoms with E-state index in [1.54, 1.807) is 18.3 Å². The lowest BCUT2D eigenvalue weighted by atomic mass is 10.3. The number of rotatable bonds is 3. The maximum Gasteiger partial charge on any atom is 0.219 e. The Labute approximate surface area is 88.0 Å². The summed E-state index contributed by atoms with van der Waals surface area (Å²) in [4.78, 5) is 4.05. The second-order valence-corrected chi connectivity index (χ2v) is 3.08. The van der Waals surface area contributed by atoms with E-state index in [0.29, 0.717) is 5.88 Å². The highest BCUT2D eigenvalue weighted by Gasteiger charge is 1.98. The molecule has 0 spiro atoms. The molecule has 0 bridgehead atoms. The van der Waals surface area contributed by atoms with Crippen molar-refractivity contribution in [2.75, 3.05) is 0 Å². The van der Waals surface area contributed by atoms with Crippen molar-refractivity contribution < 1.29 is 9.84 Å². The van der Waals surface area contributed by atoms with Gasteiger partial charge in [0.15, 0.2) is 0 Å². The monoisotopic (exact) mass is 201 g/mol. The van der Waals surface area contributed by atoms with E-state index in [1.165, 1.54) is 0 Å². The van der Waals surface area contributed by atoms with Crippen molar-refractivity contribution in [2.45, 2.75) is 6.61 Å². The number of hydrogen-bond donors (Lipinski definition) is 1. The summed E-state index contributed by atoms with van der Waals surface area (Å²) in [6.45, 7) is -0.00628. The standard InChI is InChI=1S/C12H11NO2/c14-9-10-6-7-13-12(8-10)15-11-4-2-1-3-5-11/h1-8,14H,9H2. The molecular formula is C12H11NO2. The van der Waals surface area contributed by atoms with E-state index in [-0.39, 0.29) is 6.61 Å². The summed E-state index contributed by atoms with van der Waals surface area (Å²) >= 11 is 0. The highest BCUT2D eigenvalue weighted by Crippen LogP contribution is 2.18. The second-order valence-electron chi connectivity index (χ2n) is 3.08. The van der Waals surface area contributed by atoms with E-state index in [4.69, 9.17) is 9.84 Å². The van der Waals surface area contributed by atoms with Gasteiger partial charge in [0, 0.05) is 12.3 Å². The van der Waals surface area contributed by atoms with E-state index in [1.807, 2.05) is 30.3 Å². The van der Waals surface area contributed by atoms with Crippen LogP contribution in [0, 0.1) is 0 Å². The molecule has 3 nitrogen and oxygen atoms in total. The smallest absolute Gasteiger partial charge is 0.219 e. The van der Waals surface area contributed by atoms with E-state index in [0.717, 1.165) is 11.3 Å². The predicted molar refractivity (Wildman–Crippen MR) is 56.7 cm³/mol. The number of hydrogen-bond acceptors (Lipinski definition) is 3. The van der Waals surface area contributed by atoms with Crippen LogP contribution in [-0.2, 0) is 6.61 Å². The molecule has 0 saturated heterocycles. The first-order valence-electron chi connectivity index (χ1n) is 4.67. The van der Waals surface area contributed by atoms with Gasteiger partial charge in [-0.2, -0.15) is 0 Å². The number of nitrogens with zero attached hydrogens (tertiary/aromatic N) is 1. The molecule has 1 N–H and O–H groups in total. The van der Waals surface area contributed by atoms with Crippen LogP contribution < -0.4 is 4.74 Å². The Hall–Kier alpha value is -1.87. The highest BCUT2D eigenvalue weighted by atomic mass is 16.5. The van der Waals surface area contributed by atoms with Crippen molar-refractivity contribution in [1.82, 2.24) is 4.98 Å². The number of para-hydroxylation sites is 1. The van der Waals surface area contributed by atoms with Gasteiger partial charge in [0.1, 0.15) is 5.75 Å². The lowest BCUT2D eigenvalue weighted by molar-refractivity contribution is 0.281. The zero-order chi connectivity index (χ0) is 10.5. The Kier molecular flexibility index (Phi) is 2.95. The molecule has 0 amide bonds. The first-order valence-corrected chi connectivity index (χ1v) is 4.67. The van der Waals surface area contributed by atoms with Gasteiger partial charge in [-0.1, -0.05) is 18.2 Å². The first kappa shape index (κ1) is 9.68. The minimum Gasteiger partial charge on any atom is -0.439 e. The van der Waals surface area contributed by atoms with Gasteiger partial charge in [-0.25, -0.2) is 4.98 Å². The van der Waals surface area contributed by atoms with Gasteiger partial charge in [-0.05, 0) is 23.8 Å². The van der Waals surface area contributed by atoms with Crippen molar-refractivity contribution in [3.63, 3.8) is 0 Å². The van der Waals surface area contributed by atoms with Crippen LogP contribution in [0.25, 0.3) is 0 Å². The number of pyridine rings is 1. The summed E-state index contributed by atoms with van der Waals surface area (Å²) in [5.74, 6) is 1.23. The Morgan fingerprint density at radius 2 is 1.93 bits per heavy atom. The van der Waals surface area contributed by atoms with Crippen molar-refractivity contribution in [2.24, 2.45) is 0 Å². The van der Waals surface area contributed by atoms with Crippen LogP contribution in [0.5, 0.6) is 11.6 Å². The lowest BCUT2D eigenvalue weighted by Crippen LogP contribution is -1.90. The normalized spacial score (nSPS) is 9.93. The van der Waals surface area contributed by atoms with E-state index < -0.39 is 0 Å². The van der Waals surface area contributed by atoms with E-state index in [2.05, 4.69) is 4.98 Å². The molecule has 2 rings (SSSR count). The fourth-order valence-electron chi connectivity index (χ4n) is 1.21. The Morgan fingerprint density at radius 3 is 2.67 bits per heavy atom. The molecule has 3 heteroatoms. The summed E-state index contributed by atoms with van der Waals surface area (Å²) in [7, 11) is 0. The highest BCUT2D eigenvalue weighted by molar-refractivity contribution is 5.28. The summed E-state index contributed by atoms with van der Waals surface area (Å²) in [5, 5.41) is 8.94. The van der Waals surface area contributed by atoms with Gasteiger partial charge in [-0.15, -0.1) is 0 Å². The molecule has 76 valence electrons. The molecule has 1 heterocycles. The summed E-state index contributed by atoms with van der Waals surface area (Å²) in [6.07, 6.45) is 1.61. The molecule has 0 atom stereocenters. The van der Waals surface area contributed by atoms with Gasteiger partial charge >= 0.3 is 0 Å². The molecule has 15 heavy (non-hydrogen) atoms. The van der Waals surface area contributed by atoms with E-state index >= 15 is 0 Å². The molecule has 0 saturated carbocycles. The van der Waals surface area contributed by atoms with Crippen molar-refractivity contribution >= 4 is 0 Å². The van der Waals surface area contributed by atoms with E-state index in [9.17, 15) is 0 Å². The summed E-state index contributed by atoms with van der Waals surface area (Å²) in [5.41, 5.74) is 0.788. The fraction of sp³-hybridized carbons (Fsp3) is 0.0833. The largest absolute Gasteiger partial charge is 0.439 e. The van der Waals surface area contributed by atoms with Crippen LogP contribution >= 0.6 is 0 Å². The molecule has 0 unspecified atom stereocenters. The van der Waals surface area contributed by atoms with Crippen LogP contribution in [0.4, 0.5) is 0 Å². The van der Waals surface area contributed by atoms with Gasteiger partial charge in [0.25, 0.3) is 0 Å². The predicted octanol–water partition coefficient (Wildman–Crippen LogP) is 2.37. The SMILES string of the molecule is OCc1ccnc(Oc2ccccc2)c1. The molecule has 0 aliphatic heterocycles. The van der Waals surface area contributed by atoms with Crippen molar-refractivity contribution in [1.29, 1.82) is 0 Å². The average molecular weight is 201 g/mol. The number of aromatic nitrogens is 1. The molecule has 0 fully saturated rings. The number of aliphatic hydroxyl groups is 1. The Bertz CT molecular complexity index is 429. The fourth-order valence-corrected chi connectivity index (χ4v) is 1.21. The van der Waals surface area contributed by atoms with Crippen molar-refractivity contribution in [3.8, 4) is 11.6 Å². The topological polar surface area (TPSA) is 42.4 Å². The number of aliphatic hydroxyl groups excluding tert-OH is 1. The average Bonchev–Trinajstić information content (AvgIpc) is 2.31. The third-order valence-electron chi connectivity index (χ3n) is 1.95. The third-order valence-corrected chi connectivity index (χ3v) is 1.95. The van der Waals surface area contributed by atoms with Crippen LogP contribution in [0.1, 0.15) is 5.56 Å². The van der Waals surface area contributed by atoms with Crippen molar-refractivity contribution in [3.05, 3.63) is 54.2 Å². The maximum atomic E-state index is 8.94. The zero-order valence-electron chi connectivity index (χ0n) is 8.13. The molecule has 1 aromatic heterocycles. The van der Waals surface area contributed by atoms with Crippen LogP contribution in [-0.4, -0.2) is 10.1 Å². The van der Waals surface area contributed by atoms with Gasteiger partial charge < -0.3 is 9.84 Å². The van der Waals surface area contributed by atoms with Gasteiger partial charge in [0.2, 0.25) is 5.88 Å². The van der Waals surface area contributed by atoms with Gasteiger partial charge in [-0.3, -0.25) is 0 Å². The Balaban J connectivity index is 2.17. The molecule has 0 aliphatic carbocycles. The zero-order valence-corrected chi connectivity index (χ0v) is 8.13. The second kappa shape index (κ2) is 4.57. The molecular weight excluding hydrogens is 190 g/mol. The first-order chi connectivity index (χ1) is 7.38. The quantitative estimate of drug-likeness (QED) is 0.828.